The molecule has 0 fully saturated rings. The van der Waals surface area contributed by atoms with Gasteiger partial charge in [-0.25, -0.2) is 0 Å². The molecule has 0 atom stereocenters. The van der Waals surface area contributed by atoms with Crippen LogP contribution in [0, 0.1) is 0 Å². The van der Waals surface area contributed by atoms with Gasteiger partial charge < -0.3 is 10.2 Å². The molecule has 0 spiro atoms. The van der Waals surface area contributed by atoms with Gasteiger partial charge in [0.2, 0.25) is 0 Å². The molecule has 2 nitrogen and oxygen atoms in total. The predicted molar refractivity (Wildman–Crippen MR) is 76.5 cm³/mol. The van der Waals surface area contributed by atoms with E-state index >= 15 is 0 Å². The zero-order chi connectivity index (χ0) is 13.2. The van der Waals surface area contributed by atoms with E-state index in [0.29, 0.717) is 5.39 Å². The van der Waals surface area contributed by atoms with Crippen LogP contribution in [0.1, 0.15) is 11.1 Å². The van der Waals surface area contributed by atoms with Crippen molar-refractivity contribution in [1.82, 2.24) is 0 Å². The molecule has 0 radical (unpaired) electrons. The largest absolute Gasteiger partial charge is 0.504 e. The van der Waals surface area contributed by atoms with Crippen molar-refractivity contribution in [2.75, 3.05) is 0 Å². The van der Waals surface area contributed by atoms with E-state index < -0.39 is 0 Å². The average Bonchev–Trinajstić information content (AvgIpc) is 2.46. The van der Waals surface area contributed by atoms with Gasteiger partial charge in [0.05, 0.1) is 0 Å². The summed E-state index contributed by atoms with van der Waals surface area (Å²) in [5.41, 5.74) is 2.19. The van der Waals surface area contributed by atoms with Gasteiger partial charge in [0, 0.05) is 5.39 Å². The summed E-state index contributed by atoms with van der Waals surface area (Å²) in [5.74, 6) is -0.114. The van der Waals surface area contributed by atoms with Crippen LogP contribution >= 0.6 is 0 Å². The predicted octanol–water partition coefficient (Wildman–Crippen LogP) is 3.84. The van der Waals surface area contributed by atoms with E-state index in [1.54, 1.807) is 6.07 Å². The third kappa shape index (κ3) is 2.13. The summed E-state index contributed by atoms with van der Waals surface area (Å²) in [5, 5.41) is 21.4. The van der Waals surface area contributed by atoms with Crippen LogP contribution in [0.4, 0.5) is 0 Å². The smallest absolute Gasteiger partial charge is 0.165 e. The monoisotopic (exact) mass is 250 g/mol. The molecular formula is C17H14O2. The van der Waals surface area contributed by atoms with Crippen LogP contribution in [-0.2, 0) is 6.42 Å². The number of fused-ring (bicyclic) bond motifs is 1. The summed E-state index contributed by atoms with van der Waals surface area (Å²) in [4.78, 5) is 0. The van der Waals surface area contributed by atoms with Crippen molar-refractivity contribution < 1.29 is 10.2 Å². The van der Waals surface area contributed by atoms with Gasteiger partial charge in [0.15, 0.2) is 11.5 Å². The number of hydrogen-bond donors (Lipinski definition) is 2. The molecule has 3 aromatic rings. The fourth-order valence-corrected chi connectivity index (χ4v) is 2.38. The van der Waals surface area contributed by atoms with Crippen molar-refractivity contribution in [2.45, 2.75) is 6.42 Å². The van der Waals surface area contributed by atoms with E-state index in [4.69, 9.17) is 0 Å². The Labute approximate surface area is 111 Å². The molecule has 3 rings (SSSR count). The second-order valence-corrected chi connectivity index (χ2v) is 4.61. The van der Waals surface area contributed by atoms with Crippen molar-refractivity contribution in [3.05, 3.63) is 71.8 Å². The summed E-state index contributed by atoms with van der Waals surface area (Å²) >= 11 is 0. The molecule has 0 unspecified atom stereocenters. The maximum absolute atomic E-state index is 9.90. The quantitative estimate of drug-likeness (QED) is 0.678. The molecule has 2 heteroatoms. The van der Waals surface area contributed by atoms with E-state index in [1.807, 2.05) is 42.5 Å². The SMILES string of the molecule is Oc1cc(Cc2ccccc2)c2ccccc2c1O. The minimum Gasteiger partial charge on any atom is -0.504 e. The molecule has 0 heterocycles. The lowest BCUT2D eigenvalue weighted by Crippen LogP contribution is -1.90. The second-order valence-electron chi connectivity index (χ2n) is 4.61. The van der Waals surface area contributed by atoms with Crippen molar-refractivity contribution in [1.29, 1.82) is 0 Å². The Hall–Kier alpha value is -2.48. The highest BCUT2D eigenvalue weighted by Gasteiger charge is 2.10. The third-order valence-electron chi connectivity index (χ3n) is 3.32. The van der Waals surface area contributed by atoms with E-state index in [0.717, 1.165) is 17.4 Å². The number of rotatable bonds is 2. The lowest BCUT2D eigenvalue weighted by atomic mass is 9.97. The highest BCUT2D eigenvalue weighted by molar-refractivity contribution is 5.93. The molecule has 94 valence electrons. The van der Waals surface area contributed by atoms with E-state index in [1.165, 1.54) is 5.56 Å². The summed E-state index contributed by atoms with van der Waals surface area (Å²) in [7, 11) is 0. The Balaban J connectivity index is 2.16. The van der Waals surface area contributed by atoms with Crippen LogP contribution in [0.15, 0.2) is 60.7 Å². The van der Waals surface area contributed by atoms with Gasteiger partial charge in [0.25, 0.3) is 0 Å². The molecular weight excluding hydrogens is 236 g/mol. The normalized spacial score (nSPS) is 10.7. The van der Waals surface area contributed by atoms with Gasteiger partial charge in [-0.2, -0.15) is 0 Å². The Bertz CT molecular complexity index is 718. The fourth-order valence-electron chi connectivity index (χ4n) is 2.38. The number of hydrogen-bond acceptors (Lipinski definition) is 2. The number of phenols is 2. The molecule has 2 N–H and O–H groups in total. The van der Waals surface area contributed by atoms with E-state index in [-0.39, 0.29) is 11.5 Å². The van der Waals surface area contributed by atoms with Crippen LogP contribution in [0.25, 0.3) is 10.8 Å². The Morgan fingerprint density at radius 1 is 0.737 bits per heavy atom. The number of benzene rings is 3. The van der Waals surface area contributed by atoms with Gasteiger partial charge in [-0.05, 0) is 29.0 Å². The first kappa shape index (κ1) is 11.6. The minimum atomic E-state index is -0.0652. The maximum atomic E-state index is 9.90. The third-order valence-corrected chi connectivity index (χ3v) is 3.32. The Morgan fingerprint density at radius 2 is 1.37 bits per heavy atom. The Morgan fingerprint density at radius 3 is 2.11 bits per heavy atom. The van der Waals surface area contributed by atoms with Crippen LogP contribution in [0.5, 0.6) is 11.5 Å². The van der Waals surface area contributed by atoms with Crippen LogP contribution in [0.2, 0.25) is 0 Å². The highest BCUT2D eigenvalue weighted by Crippen LogP contribution is 2.36. The van der Waals surface area contributed by atoms with E-state index in [9.17, 15) is 10.2 Å². The van der Waals surface area contributed by atoms with Gasteiger partial charge in [0.1, 0.15) is 0 Å². The lowest BCUT2D eigenvalue weighted by Gasteiger charge is -2.10. The topological polar surface area (TPSA) is 40.5 Å². The first-order chi connectivity index (χ1) is 9.25. The molecule has 3 aromatic carbocycles. The van der Waals surface area contributed by atoms with Crippen LogP contribution in [0.3, 0.4) is 0 Å². The van der Waals surface area contributed by atoms with Gasteiger partial charge in [-0.3, -0.25) is 0 Å². The first-order valence-electron chi connectivity index (χ1n) is 6.22. The van der Waals surface area contributed by atoms with Gasteiger partial charge in [-0.15, -0.1) is 0 Å². The molecule has 19 heavy (non-hydrogen) atoms. The zero-order valence-electron chi connectivity index (χ0n) is 10.4. The Kier molecular flexibility index (Phi) is 2.84. The highest BCUT2D eigenvalue weighted by atomic mass is 16.3. The van der Waals surface area contributed by atoms with E-state index in [2.05, 4.69) is 12.1 Å². The lowest BCUT2D eigenvalue weighted by molar-refractivity contribution is 0.408. The summed E-state index contributed by atoms with van der Waals surface area (Å²) < 4.78 is 0. The molecule has 0 aliphatic carbocycles. The van der Waals surface area contributed by atoms with Crippen molar-refractivity contribution in [3.63, 3.8) is 0 Å². The van der Waals surface area contributed by atoms with Crippen molar-refractivity contribution in [2.24, 2.45) is 0 Å². The van der Waals surface area contributed by atoms with Gasteiger partial charge in [-0.1, -0.05) is 54.6 Å². The zero-order valence-corrected chi connectivity index (χ0v) is 10.4. The van der Waals surface area contributed by atoms with Crippen molar-refractivity contribution in [3.8, 4) is 11.5 Å². The number of aromatic hydroxyl groups is 2. The number of phenolic OH excluding ortho intramolecular Hbond substituents is 2. The summed E-state index contributed by atoms with van der Waals surface area (Å²) in [6.07, 6.45) is 0.731. The standard InChI is InChI=1S/C17H14O2/c18-16-11-13(10-12-6-2-1-3-7-12)14-8-4-5-9-15(14)17(16)19/h1-9,11,18-19H,10H2. The molecule has 0 bridgehead atoms. The summed E-state index contributed by atoms with van der Waals surface area (Å²) in [6.45, 7) is 0. The maximum Gasteiger partial charge on any atom is 0.165 e. The molecule has 0 aliphatic heterocycles. The van der Waals surface area contributed by atoms with Crippen LogP contribution < -0.4 is 0 Å². The van der Waals surface area contributed by atoms with Crippen molar-refractivity contribution >= 4 is 10.8 Å². The second kappa shape index (κ2) is 4.65. The molecule has 0 amide bonds. The molecule has 0 saturated heterocycles. The molecule has 0 aromatic heterocycles. The van der Waals surface area contributed by atoms with Gasteiger partial charge >= 0.3 is 0 Å². The average molecular weight is 250 g/mol. The molecule has 0 aliphatic rings. The summed E-state index contributed by atoms with van der Waals surface area (Å²) in [6, 6.07) is 19.3. The van der Waals surface area contributed by atoms with Crippen LogP contribution in [-0.4, -0.2) is 10.2 Å². The minimum absolute atomic E-state index is 0.0487. The molecule has 0 saturated carbocycles. The fraction of sp³-hybridized carbons (Fsp3) is 0.0588. The first-order valence-corrected chi connectivity index (χ1v) is 6.22.